The molecule has 0 amide bonds. The number of aromatic hydroxyl groups is 3. The van der Waals surface area contributed by atoms with Gasteiger partial charge in [0.2, 0.25) is 0 Å². The average Bonchev–Trinajstić information content (AvgIpc) is 3.01. The van der Waals surface area contributed by atoms with Crippen LogP contribution in [0.1, 0.15) is 66.7 Å². The Balaban J connectivity index is 0.000000263. The molecule has 0 heterocycles. The SMILES string of the molecule is CC(C)(C)NC(=S)Nc1ccc(O)c(Cl)c1.CC(C)NC(=S)Nc1cc(Cl)ccc1O.Oc1ccc(NC(=S)NCC2CCCCC2)cc1Cl. The van der Waals surface area contributed by atoms with Gasteiger partial charge in [0.1, 0.15) is 17.2 Å². The molecule has 0 aromatic heterocycles. The Hall–Kier alpha value is -3.00. The predicted octanol–water partition coefficient (Wildman–Crippen LogP) is 9.78. The summed E-state index contributed by atoms with van der Waals surface area (Å²) in [5.74, 6) is 0.986. The van der Waals surface area contributed by atoms with E-state index in [1.807, 2.05) is 34.6 Å². The maximum absolute atomic E-state index is 9.51. The van der Waals surface area contributed by atoms with Crippen LogP contribution in [0.3, 0.4) is 0 Å². The summed E-state index contributed by atoms with van der Waals surface area (Å²) >= 11 is 32.8. The lowest BCUT2D eigenvalue weighted by Gasteiger charge is -2.23. The van der Waals surface area contributed by atoms with Gasteiger partial charge in [-0.2, -0.15) is 0 Å². The Morgan fingerprint density at radius 2 is 1.24 bits per heavy atom. The third-order valence-electron chi connectivity index (χ3n) is 6.80. The number of phenolic OH excluding ortho intramolecular Hbond substituents is 3. The van der Waals surface area contributed by atoms with Gasteiger partial charge < -0.3 is 47.2 Å². The topological polar surface area (TPSA) is 133 Å². The summed E-state index contributed by atoms with van der Waals surface area (Å²) in [4.78, 5) is 0. The van der Waals surface area contributed by atoms with Crippen molar-refractivity contribution >= 4 is 104 Å². The number of nitrogens with one attached hydrogen (secondary N) is 6. The number of hydrogen-bond acceptors (Lipinski definition) is 6. The van der Waals surface area contributed by atoms with E-state index in [-0.39, 0.29) is 28.8 Å². The van der Waals surface area contributed by atoms with Crippen molar-refractivity contribution in [1.29, 1.82) is 0 Å². The summed E-state index contributed by atoms with van der Waals surface area (Å²) in [5.41, 5.74) is 1.93. The Kier molecular flexibility index (Phi) is 18.5. The maximum atomic E-state index is 9.51. The van der Waals surface area contributed by atoms with E-state index in [0.717, 1.165) is 23.8 Å². The van der Waals surface area contributed by atoms with Crippen LogP contribution in [0.4, 0.5) is 17.1 Å². The van der Waals surface area contributed by atoms with Gasteiger partial charge in [0, 0.05) is 34.5 Å². The Labute approximate surface area is 326 Å². The molecule has 15 heteroatoms. The quantitative estimate of drug-likeness (QED) is 0.0668. The van der Waals surface area contributed by atoms with Crippen molar-refractivity contribution in [2.75, 3.05) is 22.5 Å². The van der Waals surface area contributed by atoms with Gasteiger partial charge in [-0.1, -0.05) is 54.1 Å². The molecule has 3 aromatic rings. The first kappa shape index (κ1) is 43.2. The van der Waals surface area contributed by atoms with Crippen molar-refractivity contribution in [2.24, 2.45) is 5.92 Å². The van der Waals surface area contributed by atoms with Gasteiger partial charge in [0.25, 0.3) is 0 Å². The summed E-state index contributed by atoms with van der Waals surface area (Å²) < 4.78 is 0. The van der Waals surface area contributed by atoms with Gasteiger partial charge >= 0.3 is 0 Å². The van der Waals surface area contributed by atoms with E-state index in [9.17, 15) is 15.3 Å². The third kappa shape index (κ3) is 17.8. The van der Waals surface area contributed by atoms with Gasteiger partial charge in [0.05, 0.1) is 15.7 Å². The molecule has 0 atom stereocenters. The summed E-state index contributed by atoms with van der Waals surface area (Å²) in [7, 11) is 0. The number of thiocarbonyl (C=S) groups is 3. The molecule has 1 fully saturated rings. The predicted molar refractivity (Wildman–Crippen MR) is 224 cm³/mol. The van der Waals surface area contributed by atoms with E-state index in [2.05, 4.69) is 31.9 Å². The van der Waals surface area contributed by atoms with Crippen LogP contribution in [0.15, 0.2) is 54.6 Å². The normalized spacial score (nSPS) is 12.7. The third-order valence-corrected chi connectivity index (χ3v) is 8.31. The van der Waals surface area contributed by atoms with E-state index in [1.54, 1.807) is 42.5 Å². The van der Waals surface area contributed by atoms with Crippen LogP contribution in [-0.2, 0) is 0 Å². The second kappa shape index (κ2) is 21.4. The molecule has 0 saturated heterocycles. The van der Waals surface area contributed by atoms with E-state index in [4.69, 9.17) is 71.5 Å². The summed E-state index contributed by atoms with van der Waals surface area (Å²) in [6, 6.07) is 14.8. The van der Waals surface area contributed by atoms with Gasteiger partial charge in [-0.15, -0.1) is 0 Å². The minimum atomic E-state index is -0.0925. The lowest BCUT2D eigenvalue weighted by molar-refractivity contribution is 0.357. The number of halogens is 3. The smallest absolute Gasteiger partial charge is 0.171 e. The molecule has 0 radical (unpaired) electrons. The fourth-order valence-corrected chi connectivity index (χ4v) is 6.01. The molecule has 1 saturated carbocycles. The fraction of sp³-hybridized carbons (Fsp3) is 0.400. The minimum absolute atomic E-state index is 0.0573. The molecule has 3 aromatic carbocycles. The zero-order valence-corrected chi connectivity index (χ0v) is 33.5. The average molecular weight is 802 g/mol. The molecular weight excluding hydrogens is 755 g/mol. The molecule has 9 nitrogen and oxygen atoms in total. The number of benzene rings is 3. The van der Waals surface area contributed by atoms with Crippen molar-refractivity contribution in [3.05, 3.63) is 69.7 Å². The first-order valence-corrected chi connectivity index (χ1v) is 18.4. The molecule has 274 valence electrons. The molecule has 9 N–H and O–H groups in total. The van der Waals surface area contributed by atoms with Crippen LogP contribution in [-0.4, -0.2) is 48.8 Å². The maximum Gasteiger partial charge on any atom is 0.171 e. The van der Waals surface area contributed by atoms with Crippen molar-refractivity contribution < 1.29 is 15.3 Å². The zero-order valence-electron chi connectivity index (χ0n) is 28.8. The van der Waals surface area contributed by atoms with Crippen LogP contribution >= 0.6 is 71.5 Å². The van der Waals surface area contributed by atoms with E-state index < -0.39 is 0 Å². The molecule has 1 aliphatic carbocycles. The molecule has 0 aliphatic heterocycles. The van der Waals surface area contributed by atoms with Crippen LogP contribution in [0, 0.1) is 5.92 Å². The van der Waals surface area contributed by atoms with Crippen molar-refractivity contribution in [2.45, 2.75) is 78.3 Å². The van der Waals surface area contributed by atoms with Crippen LogP contribution in [0.5, 0.6) is 17.2 Å². The molecule has 0 bridgehead atoms. The van der Waals surface area contributed by atoms with Crippen LogP contribution in [0.25, 0.3) is 0 Å². The van der Waals surface area contributed by atoms with Crippen LogP contribution in [0.2, 0.25) is 15.1 Å². The van der Waals surface area contributed by atoms with Gasteiger partial charge in [-0.25, -0.2) is 0 Å². The first-order chi connectivity index (χ1) is 23.4. The standard InChI is InChI=1S/C14H19ClN2OS.C11H15ClN2OS.C10H13ClN2OS/c15-12-8-11(6-7-13(12)18)17-14(19)16-9-10-4-2-1-3-5-10;1-11(2,3)14-10(16)13-7-4-5-9(15)8(12)6-7;1-6(2)12-10(15)13-8-5-7(11)3-4-9(8)14/h6-8,10,18H,1-5,9H2,(H2,16,17,19);4-6,15H,1-3H3,(H2,13,14,16);3-6,14H,1-2H3,(H2,12,13,15). The monoisotopic (exact) mass is 800 g/mol. The highest BCUT2D eigenvalue weighted by atomic mass is 35.5. The van der Waals surface area contributed by atoms with Gasteiger partial charge in [-0.05, 0) is 145 Å². The largest absolute Gasteiger partial charge is 0.506 e. The second-order valence-electron chi connectivity index (χ2n) is 12.9. The fourth-order valence-electron chi connectivity index (χ4n) is 4.50. The molecule has 1 aliphatic rings. The van der Waals surface area contributed by atoms with Gasteiger partial charge in [0.15, 0.2) is 15.3 Å². The molecule has 4 rings (SSSR count). The van der Waals surface area contributed by atoms with Crippen LogP contribution < -0.4 is 31.9 Å². The van der Waals surface area contributed by atoms with E-state index in [0.29, 0.717) is 36.1 Å². The second-order valence-corrected chi connectivity index (χ2v) is 15.4. The van der Waals surface area contributed by atoms with E-state index in [1.165, 1.54) is 44.2 Å². The molecule has 50 heavy (non-hydrogen) atoms. The highest BCUT2D eigenvalue weighted by Gasteiger charge is 2.14. The summed E-state index contributed by atoms with van der Waals surface area (Å²) in [5, 5.41) is 49.2. The highest BCUT2D eigenvalue weighted by Crippen LogP contribution is 2.28. The minimum Gasteiger partial charge on any atom is -0.506 e. The number of phenols is 3. The molecule has 0 spiro atoms. The number of rotatable bonds is 6. The lowest BCUT2D eigenvalue weighted by Crippen LogP contribution is -2.42. The van der Waals surface area contributed by atoms with E-state index >= 15 is 0 Å². The zero-order chi connectivity index (χ0) is 37.4. The molecular formula is C35H47Cl3N6O3S3. The van der Waals surface area contributed by atoms with Crippen molar-refractivity contribution in [1.82, 2.24) is 16.0 Å². The molecule has 0 unspecified atom stereocenters. The first-order valence-electron chi connectivity index (χ1n) is 16.1. The van der Waals surface area contributed by atoms with Crippen molar-refractivity contribution in [3.8, 4) is 17.2 Å². The summed E-state index contributed by atoms with van der Waals surface area (Å²) in [6.07, 6.45) is 6.62. The Morgan fingerprint density at radius 3 is 1.74 bits per heavy atom. The lowest BCUT2D eigenvalue weighted by atomic mass is 9.89. The highest BCUT2D eigenvalue weighted by molar-refractivity contribution is 7.80. The summed E-state index contributed by atoms with van der Waals surface area (Å²) in [6.45, 7) is 10.9. The van der Waals surface area contributed by atoms with Crippen molar-refractivity contribution in [3.63, 3.8) is 0 Å². The Bertz CT molecular complexity index is 1580. The number of anilines is 3. The number of hydrogen-bond donors (Lipinski definition) is 9. The van der Waals surface area contributed by atoms with Gasteiger partial charge in [-0.3, -0.25) is 0 Å². The Morgan fingerprint density at radius 1 is 0.720 bits per heavy atom.